The number of aryl methyl sites for hydroxylation is 1. The Hall–Kier alpha value is -3.28. The number of nitrogens with one attached hydrogen (secondary N) is 1. The molecule has 154 valence electrons. The molecule has 2 aliphatic rings. The van der Waals surface area contributed by atoms with Gasteiger partial charge in [0, 0.05) is 10.9 Å². The van der Waals surface area contributed by atoms with Gasteiger partial charge in [-0.3, -0.25) is 9.59 Å². The monoisotopic (exact) mass is 405 g/mol. The molecule has 0 atom stereocenters. The van der Waals surface area contributed by atoms with Gasteiger partial charge in [-0.1, -0.05) is 12.1 Å². The Morgan fingerprint density at radius 2 is 1.90 bits per heavy atom. The number of furan rings is 1. The Balaban J connectivity index is 1.54. The van der Waals surface area contributed by atoms with Crippen molar-refractivity contribution in [3.8, 4) is 11.5 Å². The number of carbonyl (C=O) groups excluding carboxylic acids is 2. The van der Waals surface area contributed by atoms with E-state index in [2.05, 4.69) is 5.32 Å². The lowest BCUT2D eigenvalue weighted by atomic mass is 9.87. The van der Waals surface area contributed by atoms with E-state index in [4.69, 9.17) is 13.9 Å². The van der Waals surface area contributed by atoms with E-state index < -0.39 is 5.91 Å². The molecule has 1 amide bonds. The molecule has 1 saturated carbocycles. The summed E-state index contributed by atoms with van der Waals surface area (Å²) in [6, 6.07) is 10.7. The van der Waals surface area contributed by atoms with Gasteiger partial charge in [0.2, 0.25) is 0 Å². The number of ether oxygens (including phenoxy) is 2. The lowest BCUT2D eigenvalue weighted by molar-refractivity contribution is 0.0454. The number of carbonyl (C=O) groups is 2. The minimum atomic E-state index is -0.390. The van der Waals surface area contributed by atoms with Gasteiger partial charge >= 0.3 is 0 Å². The quantitative estimate of drug-likeness (QED) is 0.641. The van der Waals surface area contributed by atoms with Crippen molar-refractivity contribution in [3.05, 3.63) is 53.3 Å². The van der Waals surface area contributed by atoms with Crippen LogP contribution in [0.2, 0.25) is 0 Å². The molecule has 2 heterocycles. The third-order valence-corrected chi connectivity index (χ3v) is 6.22. The summed E-state index contributed by atoms with van der Waals surface area (Å²) in [4.78, 5) is 26.1. The summed E-state index contributed by atoms with van der Waals surface area (Å²) in [5.74, 6) is 1.00. The third-order valence-electron chi connectivity index (χ3n) is 6.22. The van der Waals surface area contributed by atoms with E-state index in [1.807, 2.05) is 12.1 Å². The predicted octanol–water partition coefficient (Wildman–Crippen LogP) is 5.28. The maximum Gasteiger partial charge on any atom is 0.291 e. The average molecular weight is 405 g/mol. The highest BCUT2D eigenvalue weighted by Gasteiger charge is 2.43. The van der Waals surface area contributed by atoms with Crippen LogP contribution < -0.4 is 14.8 Å². The summed E-state index contributed by atoms with van der Waals surface area (Å²) in [5.41, 5.74) is 1.86. The number of methoxy groups -OCH3 is 1. The Morgan fingerprint density at radius 3 is 2.67 bits per heavy atom. The summed E-state index contributed by atoms with van der Waals surface area (Å²) >= 11 is 0. The third kappa shape index (κ3) is 2.86. The Bertz CT molecular complexity index is 1170. The molecular formula is C24H23NO5. The van der Waals surface area contributed by atoms with Gasteiger partial charge in [-0.15, -0.1) is 0 Å². The standard InChI is InChI=1S/C24H23NO5/c1-14-20-18(29-22(14)23(27)25-15-7-3-4-8-17(15)28-2)9-10-19-21(20)16(26)13-24(30-19)11-5-6-12-24/h3-4,7-10H,5-6,11-13H2,1-2H3,(H,25,27). The minimum absolute atomic E-state index is 0.0596. The van der Waals surface area contributed by atoms with Crippen molar-refractivity contribution in [1.29, 1.82) is 0 Å². The van der Waals surface area contributed by atoms with Crippen LogP contribution in [-0.2, 0) is 0 Å². The first kappa shape index (κ1) is 18.7. The molecule has 0 saturated heterocycles. The molecule has 3 aromatic rings. The molecule has 1 aromatic heterocycles. The highest BCUT2D eigenvalue weighted by Crippen LogP contribution is 2.46. The van der Waals surface area contributed by atoms with Crippen molar-refractivity contribution < 1.29 is 23.5 Å². The lowest BCUT2D eigenvalue weighted by Gasteiger charge is -2.34. The molecule has 1 N–H and O–H groups in total. The molecule has 30 heavy (non-hydrogen) atoms. The van der Waals surface area contributed by atoms with E-state index in [0.29, 0.717) is 45.7 Å². The number of hydrogen-bond acceptors (Lipinski definition) is 5. The van der Waals surface area contributed by atoms with Crippen LogP contribution >= 0.6 is 0 Å². The zero-order valence-corrected chi connectivity index (χ0v) is 17.0. The largest absolute Gasteiger partial charge is 0.495 e. The van der Waals surface area contributed by atoms with Gasteiger partial charge in [0.05, 0.1) is 24.8 Å². The second-order valence-corrected chi connectivity index (χ2v) is 8.11. The average Bonchev–Trinajstić information content (AvgIpc) is 3.32. The van der Waals surface area contributed by atoms with E-state index in [0.717, 1.165) is 25.7 Å². The number of hydrogen-bond donors (Lipinski definition) is 1. The molecule has 6 nitrogen and oxygen atoms in total. The summed E-state index contributed by atoms with van der Waals surface area (Å²) in [7, 11) is 1.55. The van der Waals surface area contributed by atoms with Crippen LogP contribution in [0, 0.1) is 6.92 Å². The molecule has 1 fully saturated rings. The molecule has 0 bridgehead atoms. The predicted molar refractivity (Wildman–Crippen MR) is 113 cm³/mol. The zero-order valence-electron chi connectivity index (χ0n) is 17.0. The fourth-order valence-corrected chi connectivity index (χ4v) is 4.78. The number of benzene rings is 2. The first-order chi connectivity index (χ1) is 14.5. The van der Waals surface area contributed by atoms with Crippen molar-refractivity contribution in [1.82, 2.24) is 0 Å². The summed E-state index contributed by atoms with van der Waals surface area (Å²) in [5, 5.41) is 3.50. The molecular weight excluding hydrogens is 382 g/mol. The number of fused-ring (bicyclic) bond motifs is 3. The van der Waals surface area contributed by atoms with Crippen LogP contribution in [0.15, 0.2) is 40.8 Å². The smallest absolute Gasteiger partial charge is 0.291 e. The van der Waals surface area contributed by atoms with Gasteiger partial charge in [-0.05, 0) is 56.9 Å². The Labute approximate surface area is 174 Å². The van der Waals surface area contributed by atoms with Gasteiger partial charge in [-0.2, -0.15) is 0 Å². The topological polar surface area (TPSA) is 77.8 Å². The summed E-state index contributed by atoms with van der Waals surface area (Å²) in [6.07, 6.45) is 4.37. The first-order valence-corrected chi connectivity index (χ1v) is 10.2. The van der Waals surface area contributed by atoms with E-state index in [1.165, 1.54) is 0 Å². The number of Topliss-reactive ketones (excluding diaryl/α,β-unsaturated/α-hetero) is 1. The van der Waals surface area contributed by atoms with Crippen molar-refractivity contribution >= 4 is 28.3 Å². The number of para-hydroxylation sites is 2. The Morgan fingerprint density at radius 1 is 1.13 bits per heavy atom. The van der Waals surface area contributed by atoms with Crippen molar-refractivity contribution in [3.63, 3.8) is 0 Å². The summed E-state index contributed by atoms with van der Waals surface area (Å²) < 4.78 is 17.5. The van der Waals surface area contributed by atoms with Gasteiger partial charge in [0.1, 0.15) is 22.7 Å². The van der Waals surface area contributed by atoms with E-state index in [1.54, 1.807) is 38.3 Å². The van der Waals surface area contributed by atoms with E-state index in [9.17, 15) is 9.59 Å². The van der Waals surface area contributed by atoms with Crippen molar-refractivity contribution in [2.45, 2.75) is 44.6 Å². The van der Waals surface area contributed by atoms with Crippen LogP contribution in [0.5, 0.6) is 11.5 Å². The van der Waals surface area contributed by atoms with E-state index in [-0.39, 0.29) is 17.1 Å². The lowest BCUT2D eigenvalue weighted by Crippen LogP contribution is -2.39. The molecule has 5 rings (SSSR count). The van der Waals surface area contributed by atoms with Crippen LogP contribution in [-0.4, -0.2) is 24.4 Å². The highest BCUT2D eigenvalue weighted by atomic mass is 16.5. The second-order valence-electron chi connectivity index (χ2n) is 8.11. The number of ketones is 1. The van der Waals surface area contributed by atoms with E-state index >= 15 is 0 Å². The van der Waals surface area contributed by atoms with Crippen LogP contribution in [0.25, 0.3) is 11.0 Å². The van der Waals surface area contributed by atoms with Gasteiger partial charge in [-0.25, -0.2) is 0 Å². The number of rotatable bonds is 3. The molecule has 1 aliphatic carbocycles. The van der Waals surface area contributed by atoms with Crippen molar-refractivity contribution in [2.75, 3.05) is 12.4 Å². The maximum absolute atomic E-state index is 13.1. The van der Waals surface area contributed by atoms with Gasteiger partial charge < -0.3 is 19.2 Å². The fourth-order valence-electron chi connectivity index (χ4n) is 4.78. The highest BCUT2D eigenvalue weighted by molar-refractivity contribution is 6.15. The second kappa shape index (κ2) is 6.90. The summed E-state index contributed by atoms with van der Waals surface area (Å²) in [6.45, 7) is 1.80. The molecule has 1 aliphatic heterocycles. The molecule has 0 unspecified atom stereocenters. The van der Waals surface area contributed by atoms with Crippen molar-refractivity contribution in [2.24, 2.45) is 0 Å². The molecule has 0 radical (unpaired) electrons. The normalized spacial score (nSPS) is 17.1. The minimum Gasteiger partial charge on any atom is -0.495 e. The van der Waals surface area contributed by atoms with Crippen LogP contribution in [0.4, 0.5) is 5.69 Å². The number of anilines is 1. The van der Waals surface area contributed by atoms with Gasteiger partial charge in [0.25, 0.3) is 5.91 Å². The maximum atomic E-state index is 13.1. The number of amides is 1. The molecule has 6 heteroatoms. The molecule has 2 aromatic carbocycles. The van der Waals surface area contributed by atoms with Gasteiger partial charge in [0.15, 0.2) is 11.5 Å². The zero-order chi connectivity index (χ0) is 20.9. The SMILES string of the molecule is COc1ccccc1NC(=O)c1oc2ccc3c(c2c1C)C(=O)CC1(CCCC1)O3. The van der Waals surface area contributed by atoms with Crippen LogP contribution in [0.3, 0.4) is 0 Å². The fraction of sp³-hybridized carbons (Fsp3) is 0.333. The Kier molecular flexibility index (Phi) is 4.31. The molecule has 1 spiro atoms. The van der Waals surface area contributed by atoms with Crippen LogP contribution in [0.1, 0.15) is 58.6 Å². The first-order valence-electron chi connectivity index (χ1n) is 10.2.